The number of hydrogen-bond acceptors (Lipinski definition) is 2. The highest BCUT2D eigenvalue weighted by molar-refractivity contribution is 6.30. The molecule has 0 bridgehead atoms. The molecule has 1 aliphatic heterocycles. The molecule has 2 rings (SSSR count). The monoisotopic (exact) mass is 271 g/mol. The average molecular weight is 272 g/mol. The second kappa shape index (κ2) is 6.16. The number of amides is 1. The van der Waals surface area contributed by atoms with E-state index in [1.807, 2.05) is 0 Å². The molecule has 1 heterocycles. The molecule has 0 saturated carbocycles. The Morgan fingerprint density at radius 3 is 3.06 bits per heavy atom. The van der Waals surface area contributed by atoms with Crippen molar-refractivity contribution in [2.24, 2.45) is 0 Å². The molecule has 1 saturated heterocycles. The van der Waals surface area contributed by atoms with Crippen molar-refractivity contribution in [1.29, 1.82) is 0 Å². The summed E-state index contributed by atoms with van der Waals surface area (Å²) in [4.78, 5) is 11.7. The zero-order chi connectivity index (χ0) is 13.0. The third-order valence-electron chi connectivity index (χ3n) is 2.95. The molecule has 1 N–H and O–H groups in total. The molecule has 5 heteroatoms. The third kappa shape index (κ3) is 3.43. The Bertz CT molecular complexity index is 433. The number of halogens is 2. The molecular formula is C13H15ClFNO2. The molecule has 1 fully saturated rings. The molecule has 0 aliphatic carbocycles. The van der Waals surface area contributed by atoms with E-state index in [0.29, 0.717) is 6.54 Å². The van der Waals surface area contributed by atoms with Crippen molar-refractivity contribution in [3.8, 4) is 0 Å². The summed E-state index contributed by atoms with van der Waals surface area (Å²) in [5, 5.41) is 2.97. The second-order valence-electron chi connectivity index (χ2n) is 4.30. The molecule has 3 nitrogen and oxygen atoms in total. The van der Waals surface area contributed by atoms with Gasteiger partial charge in [0, 0.05) is 18.2 Å². The van der Waals surface area contributed by atoms with Gasteiger partial charge < -0.3 is 10.1 Å². The van der Waals surface area contributed by atoms with E-state index in [2.05, 4.69) is 5.32 Å². The van der Waals surface area contributed by atoms with Gasteiger partial charge in [-0.05, 0) is 37.5 Å². The van der Waals surface area contributed by atoms with E-state index in [9.17, 15) is 9.18 Å². The largest absolute Gasteiger partial charge is 0.378 e. The quantitative estimate of drug-likeness (QED) is 0.914. The summed E-state index contributed by atoms with van der Waals surface area (Å²) in [5.74, 6) is -1.01. The van der Waals surface area contributed by atoms with Crippen LogP contribution in [0.1, 0.15) is 29.6 Å². The molecule has 0 spiro atoms. The van der Waals surface area contributed by atoms with Crippen LogP contribution in [0.5, 0.6) is 0 Å². The normalized spacial score (nSPS) is 18.9. The molecule has 1 atom stereocenters. The Morgan fingerprint density at radius 2 is 2.39 bits per heavy atom. The van der Waals surface area contributed by atoms with Crippen LogP contribution < -0.4 is 5.32 Å². The molecule has 0 aromatic heterocycles. The van der Waals surface area contributed by atoms with Crippen molar-refractivity contribution < 1.29 is 13.9 Å². The van der Waals surface area contributed by atoms with Crippen LogP contribution in [0.3, 0.4) is 0 Å². The van der Waals surface area contributed by atoms with Crippen LogP contribution >= 0.6 is 11.6 Å². The first-order valence-corrected chi connectivity index (χ1v) is 6.39. The number of carbonyl (C=O) groups excluding carboxylic acids is 1. The summed E-state index contributed by atoms with van der Waals surface area (Å²) in [7, 11) is 0. The van der Waals surface area contributed by atoms with Crippen molar-refractivity contribution >= 4 is 17.5 Å². The van der Waals surface area contributed by atoms with Gasteiger partial charge in [-0.1, -0.05) is 11.6 Å². The van der Waals surface area contributed by atoms with Crippen molar-refractivity contribution in [2.75, 3.05) is 13.2 Å². The van der Waals surface area contributed by atoms with Crippen LogP contribution in [-0.2, 0) is 4.74 Å². The summed E-state index contributed by atoms with van der Waals surface area (Å²) >= 11 is 5.62. The smallest absolute Gasteiger partial charge is 0.254 e. The van der Waals surface area contributed by atoms with Crippen LogP contribution in [0.15, 0.2) is 18.2 Å². The maximum Gasteiger partial charge on any atom is 0.254 e. The molecule has 0 radical (unpaired) electrons. The van der Waals surface area contributed by atoms with Gasteiger partial charge in [0.05, 0.1) is 11.7 Å². The van der Waals surface area contributed by atoms with E-state index in [1.165, 1.54) is 12.1 Å². The molecule has 1 aliphatic rings. The highest BCUT2D eigenvalue weighted by Gasteiger charge is 2.16. The lowest BCUT2D eigenvalue weighted by Gasteiger charge is -2.10. The van der Waals surface area contributed by atoms with E-state index in [-0.39, 0.29) is 16.7 Å². The first kappa shape index (κ1) is 13.3. The number of carbonyl (C=O) groups is 1. The maximum absolute atomic E-state index is 13.5. The minimum Gasteiger partial charge on any atom is -0.378 e. The van der Waals surface area contributed by atoms with Crippen molar-refractivity contribution in [3.63, 3.8) is 0 Å². The summed E-state index contributed by atoms with van der Waals surface area (Å²) in [6, 6.07) is 4.02. The van der Waals surface area contributed by atoms with Gasteiger partial charge in [0.1, 0.15) is 5.82 Å². The fourth-order valence-corrected chi connectivity index (χ4v) is 2.15. The van der Waals surface area contributed by atoms with Gasteiger partial charge in [-0.3, -0.25) is 4.79 Å². The van der Waals surface area contributed by atoms with Crippen molar-refractivity contribution in [3.05, 3.63) is 34.6 Å². The van der Waals surface area contributed by atoms with Gasteiger partial charge >= 0.3 is 0 Å². The molecule has 1 amide bonds. The topological polar surface area (TPSA) is 38.3 Å². The predicted octanol–water partition coefficient (Wildman–Crippen LogP) is 2.78. The molecular weight excluding hydrogens is 257 g/mol. The van der Waals surface area contributed by atoms with Gasteiger partial charge in [-0.15, -0.1) is 0 Å². The third-order valence-corrected chi connectivity index (χ3v) is 3.19. The number of rotatable bonds is 4. The average Bonchev–Trinajstić information content (AvgIpc) is 2.81. The highest BCUT2D eigenvalue weighted by atomic mass is 35.5. The first-order chi connectivity index (χ1) is 8.66. The zero-order valence-electron chi connectivity index (χ0n) is 9.92. The maximum atomic E-state index is 13.5. The van der Waals surface area contributed by atoms with Gasteiger partial charge in [-0.25, -0.2) is 4.39 Å². The predicted molar refractivity (Wildman–Crippen MR) is 67.3 cm³/mol. The minimum atomic E-state index is -0.600. The SMILES string of the molecule is O=C(NCCC1CCCO1)c1ccc(Cl)cc1F. The van der Waals surface area contributed by atoms with Crippen LogP contribution in [0.25, 0.3) is 0 Å². The minimum absolute atomic E-state index is 0.0201. The molecule has 1 unspecified atom stereocenters. The number of hydrogen-bond donors (Lipinski definition) is 1. The Hall–Kier alpha value is -1.13. The lowest BCUT2D eigenvalue weighted by Crippen LogP contribution is -2.27. The number of ether oxygens (including phenoxy) is 1. The summed E-state index contributed by atoms with van der Waals surface area (Å²) < 4.78 is 18.9. The summed E-state index contributed by atoms with van der Waals surface area (Å²) in [6.07, 6.45) is 3.09. The Kier molecular flexibility index (Phi) is 4.55. The Balaban J connectivity index is 1.83. The van der Waals surface area contributed by atoms with E-state index < -0.39 is 11.7 Å². The summed E-state index contributed by atoms with van der Waals surface area (Å²) in [5.41, 5.74) is 0.0201. The molecule has 98 valence electrons. The van der Waals surface area contributed by atoms with Crippen LogP contribution in [-0.4, -0.2) is 25.2 Å². The van der Waals surface area contributed by atoms with Crippen LogP contribution in [0, 0.1) is 5.82 Å². The number of benzene rings is 1. The van der Waals surface area contributed by atoms with Crippen LogP contribution in [0.2, 0.25) is 5.02 Å². The van der Waals surface area contributed by atoms with Gasteiger partial charge in [0.25, 0.3) is 5.91 Å². The lowest BCUT2D eigenvalue weighted by molar-refractivity contribution is 0.0904. The fraction of sp³-hybridized carbons (Fsp3) is 0.462. The zero-order valence-corrected chi connectivity index (χ0v) is 10.7. The van der Waals surface area contributed by atoms with E-state index in [1.54, 1.807) is 0 Å². The fourth-order valence-electron chi connectivity index (χ4n) is 1.99. The van der Waals surface area contributed by atoms with Crippen LogP contribution in [0.4, 0.5) is 4.39 Å². The van der Waals surface area contributed by atoms with Gasteiger partial charge in [0.15, 0.2) is 0 Å². The standard InChI is InChI=1S/C13H15ClFNO2/c14-9-3-4-11(12(15)8-9)13(17)16-6-5-10-2-1-7-18-10/h3-4,8,10H,1-2,5-7H2,(H,16,17). The summed E-state index contributed by atoms with van der Waals surface area (Å²) in [6.45, 7) is 1.29. The Morgan fingerprint density at radius 1 is 1.56 bits per heavy atom. The van der Waals surface area contributed by atoms with E-state index in [0.717, 1.165) is 31.9 Å². The first-order valence-electron chi connectivity index (χ1n) is 6.01. The molecule has 1 aromatic rings. The van der Waals surface area contributed by atoms with Gasteiger partial charge in [0.2, 0.25) is 0 Å². The van der Waals surface area contributed by atoms with E-state index in [4.69, 9.17) is 16.3 Å². The second-order valence-corrected chi connectivity index (χ2v) is 4.74. The van der Waals surface area contributed by atoms with Crippen molar-refractivity contribution in [2.45, 2.75) is 25.4 Å². The van der Waals surface area contributed by atoms with Gasteiger partial charge in [-0.2, -0.15) is 0 Å². The molecule has 1 aromatic carbocycles. The number of nitrogens with one attached hydrogen (secondary N) is 1. The molecule has 18 heavy (non-hydrogen) atoms. The van der Waals surface area contributed by atoms with E-state index >= 15 is 0 Å². The Labute approximate surface area is 110 Å². The van der Waals surface area contributed by atoms with Crippen molar-refractivity contribution in [1.82, 2.24) is 5.32 Å². The highest BCUT2D eigenvalue weighted by Crippen LogP contribution is 2.16. The lowest BCUT2D eigenvalue weighted by atomic mass is 10.1.